The first-order valence-electron chi connectivity index (χ1n) is 9.34. The van der Waals surface area contributed by atoms with E-state index in [1.807, 2.05) is 38.5 Å². The third kappa shape index (κ3) is 5.78. The average Bonchev–Trinajstić information content (AvgIpc) is 2.75. The third-order valence-corrected chi connectivity index (χ3v) is 6.37. The van der Waals surface area contributed by atoms with Crippen molar-refractivity contribution < 1.29 is 21.1 Å². The Morgan fingerprint density at radius 2 is 1.40 bits per heavy atom. The van der Waals surface area contributed by atoms with E-state index in [-0.39, 0.29) is 21.1 Å². The topological polar surface area (TPSA) is 16.1 Å². The molecule has 2 nitrogen and oxygen atoms in total. The van der Waals surface area contributed by atoms with E-state index in [9.17, 15) is 0 Å². The summed E-state index contributed by atoms with van der Waals surface area (Å²) in [6.07, 6.45) is 1.86. The quantitative estimate of drug-likeness (QED) is 0.221. The van der Waals surface area contributed by atoms with E-state index in [1.165, 1.54) is 14.7 Å². The molecule has 0 saturated carbocycles. The Balaban J connectivity index is 0.00000256. The molecule has 0 bridgehead atoms. The molecule has 0 N–H and O–H groups in total. The molecule has 0 radical (unpaired) electrons. The number of nitrogens with zero attached hydrogens (tertiary/aromatic N) is 2. The monoisotopic (exact) mass is 608 g/mol. The molecule has 0 spiro atoms. The fraction of sp³-hybridized carbons (Fsp3) is 0.0800. The Bertz CT molecular complexity index is 1090. The maximum Gasteiger partial charge on any atom is 0.0303 e. The second-order valence-corrected chi connectivity index (χ2v) is 8.96. The summed E-state index contributed by atoms with van der Waals surface area (Å²) in [5.41, 5.74) is 3.09. The molecule has 0 atom stereocenters. The summed E-state index contributed by atoms with van der Waals surface area (Å²) < 4.78 is 0. The molecule has 0 aliphatic carbocycles. The van der Waals surface area contributed by atoms with Gasteiger partial charge in [-0.2, -0.15) is 0 Å². The van der Waals surface area contributed by atoms with Gasteiger partial charge in [0.15, 0.2) is 0 Å². The summed E-state index contributed by atoms with van der Waals surface area (Å²) in [5, 5.41) is 0. The van der Waals surface area contributed by atoms with Crippen molar-refractivity contribution in [2.45, 2.75) is 19.6 Å². The van der Waals surface area contributed by atoms with Crippen molar-refractivity contribution in [2.75, 3.05) is 19.0 Å². The van der Waals surface area contributed by atoms with Gasteiger partial charge >= 0.3 is 0 Å². The predicted octanol–water partition coefficient (Wildman–Crippen LogP) is 6.91. The van der Waals surface area contributed by atoms with Crippen LogP contribution in [0, 0.1) is 6.07 Å². The van der Waals surface area contributed by atoms with Gasteiger partial charge in [0.1, 0.15) is 0 Å². The standard InChI is InChI=1S/C25H21N2S2.Pt/c1-27(2)19-15-16-26-24(17-19)23-14-13-22(28-20-9-5-3-6-10-20)18-25(23)29-21-11-7-4-8-12-21;/h3-13,15-18H,1-2H3;/q-1;. The van der Waals surface area contributed by atoms with E-state index in [0.717, 1.165) is 21.8 Å². The van der Waals surface area contributed by atoms with Crippen molar-refractivity contribution in [1.82, 2.24) is 4.98 Å². The normalized spacial score (nSPS) is 10.3. The molecule has 0 aliphatic heterocycles. The third-order valence-electron chi connectivity index (χ3n) is 4.34. The Labute approximate surface area is 201 Å². The minimum atomic E-state index is 0. The Morgan fingerprint density at radius 3 is 2.03 bits per heavy atom. The zero-order valence-corrected chi connectivity index (χ0v) is 20.6. The van der Waals surface area contributed by atoms with Crippen LogP contribution >= 0.6 is 23.5 Å². The van der Waals surface area contributed by atoms with Gasteiger partial charge in [0.05, 0.1) is 0 Å². The Kier molecular flexibility index (Phi) is 8.21. The Morgan fingerprint density at radius 1 is 0.767 bits per heavy atom. The van der Waals surface area contributed by atoms with Crippen LogP contribution in [0.15, 0.2) is 111 Å². The number of hydrogen-bond donors (Lipinski definition) is 0. The van der Waals surface area contributed by atoms with Gasteiger partial charge < -0.3 is 9.88 Å². The molecule has 5 heteroatoms. The summed E-state index contributed by atoms with van der Waals surface area (Å²) >= 11 is 3.50. The fourth-order valence-corrected chi connectivity index (χ4v) is 4.80. The second kappa shape index (κ2) is 10.9. The van der Waals surface area contributed by atoms with Gasteiger partial charge in [-0.05, 0) is 36.0 Å². The van der Waals surface area contributed by atoms with E-state index in [1.54, 1.807) is 23.5 Å². The second-order valence-electron chi connectivity index (χ2n) is 6.70. The van der Waals surface area contributed by atoms with Gasteiger partial charge in [0.2, 0.25) is 0 Å². The first-order chi connectivity index (χ1) is 14.2. The van der Waals surface area contributed by atoms with Crippen molar-refractivity contribution in [3.8, 4) is 11.3 Å². The SMILES string of the molecule is CN(C)c1ccnc(-c2[c-]cc(Sc3ccccc3)cc2Sc2ccccc2)c1.[Pt]. The van der Waals surface area contributed by atoms with Crippen LogP contribution < -0.4 is 4.90 Å². The van der Waals surface area contributed by atoms with Gasteiger partial charge in [-0.25, -0.2) is 0 Å². The van der Waals surface area contributed by atoms with Gasteiger partial charge in [0.25, 0.3) is 0 Å². The number of hydrogen-bond acceptors (Lipinski definition) is 4. The van der Waals surface area contributed by atoms with Crippen LogP contribution in [0.5, 0.6) is 0 Å². The first kappa shape index (κ1) is 22.7. The van der Waals surface area contributed by atoms with Gasteiger partial charge in [-0.1, -0.05) is 52.3 Å². The number of anilines is 1. The minimum absolute atomic E-state index is 0. The molecule has 4 aromatic rings. The van der Waals surface area contributed by atoms with Crippen molar-refractivity contribution in [3.05, 3.63) is 97.2 Å². The van der Waals surface area contributed by atoms with Crippen LogP contribution in [0.1, 0.15) is 0 Å². The molecule has 0 fully saturated rings. The van der Waals surface area contributed by atoms with Crippen LogP contribution in [0.2, 0.25) is 0 Å². The van der Waals surface area contributed by atoms with Gasteiger partial charge in [-0.15, -0.1) is 47.3 Å². The van der Waals surface area contributed by atoms with Gasteiger partial charge in [-0.3, -0.25) is 0 Å². The Hall–Kier alpha value is -2.00. The molecule has 0 amide bonds. The van der Waals surface area contributed by atoms with Crippen molar-refractivity contribution in [2.24, 2.45) is 0 Å². The fourth-order valence-electron chi connectivity index (χ4n) is 2.87. The van der Waals surface area contributed by atoms with Crippen molar-refractivity contribution in [3.63, 3.8) is 0 Å². The van der Waals surface area contributed by atoms with Crippen molar-refractivity contribution >= 4 is 29.2 Å². The molecule has 1 heterocycles. The molecule has 0 saturated heterocycles. The van der Waals surface area contributed by atoms with E-state index in [2.05, 4.69) is 82.7 Å². The average molecular weight is 609 g/mol. The van der Waals surface area contributed by atoms with Crippen LogP contribution in [0.25, 0.3) is 11.3 Å². The van der Waals surface area contributed by atoms with E-state index >= 15 is 0 Å². The molecule has 154 valence electrons. The number of rotatable bonds is 6. The number of benzene rings is 3. The zero-order chi connectivity index (χ0) is 20.1. The molecule has 4 rings (SSSR count). The van der Waals surface area contributed by atoms with Gasteiger partial charge in [0, 0.05) is 56.8 Å². The van der Waals surface area contributed by atoms with Crippen LogP contribution in [0.4, 0.5) is 5.69 Å². The summed E-state index contributed by atoms with van der Waals surface area (Å²) in [4.78, 5) is 11.5. The number of aromatic nitrogens is 1. The van der Waals surface area contributed by atoms with E-state index in [4.69, 9.17) is 0 Å². The largest absolute Gasteiger partial charge is 0.378 e. The summed E-state index contributed by atoms with van der Waals surface area (Å²) in [6.45, 7) is 0. The summed E-state index contributed by atoms with van der Waals surface area (Å²) in [6, 6.07) is 32.8. The van der Waals surface area contributed by atoms with Crippen LogP contribution in [-0.4, -0.2) is 19.1 Å². The molecule has 1 aromatic heterocycles. The molecule has 0 unspecified atom stereocenters. The molecular weight excluding hydrogens is 588 g/mol. The minimum Gasteiger partial charge on any atom is -0.378 e. The smallest absolute Gasteiger partial charge is 0.0303 e. The van der Waals surface area contributed by atoms with Crippen LogP contribution in [0.3, 0.4) is 0 Å². The zero-order valence-electron chi connectivity index (χ0n) is 16.7. The maximum atomic E-state index is 4.63. The first-order valence-corrected chi connectivity index (χ1v) is 11.0. The van der Waals surface area contributed by atoms with Crippen LogP contribution in [-0.2, 0) is 21.1 Å². The summed E-state index contributed by atoms with van der Waals surface area (Å²) in [7, 11) is 4.09. The van der Waals surface area contributed by atoms with E-state index in [0.29, 0.717) is 0 Å². The van der Waals surface area contributed by atoms with Crippen molar-refractivity contribution in [1.29, 1.82) is 0 Å². The molecule has 3 aromatic carbocycles. The van der Waals surface area contributed by atoms with E-state index < -0.39 is 0 Å². The molecule has 0 aliphatic rings. The number of pyridine rings is 1. The molecular formula is C25H21N2PtS2-. The molecule has 30 heavy (non-hydrogen) atoms. The predicted molar refractivity (Wildman–Crippen MR) is 124 cm³/mol. The maximum absolute atomic E-state index is 4.63. The summed E-state index contributed by atoms with van der Waals surface area (Å²) in [5.74, 6) is 0.